The molecule has 0 bridgehead atoms. The molecule has 0 N–H and O–H groups in total. The van der Waals surface area contributed by atoms with Gasteiger partial charge in [0.15, 0.2) is 0 Å². The summed E-state index contributed by atoms with van der Waals surface area (Å²) < 4.78 is 5.43. The minimum atomic E-state index is 0.110. The largest absolute Gasteiger partial charge is 0.468 e. The van der Waals surface area contributed by atoms with Crippen molar-refractivity contribution in [1.29, 1.82) is 0 Å². The van der Waals surface area contributed by atoms with Gasteiger partial charge in [0.2, 0.25) is 0 Å². The van der Waals surface area contributed by atoms with Gasteiger partial charge in [-0.2, -0.15) is 11.3 Å². The van der Waals surface area contributed by atoms with Crippen molar-refractivity contribution in [1.82, 2.24) is 9.80 Å². The van der Waals surface area contributed by atoms with Crippen molar-refractivity contribution >= 4 is 17.2 Å². The molecule has 22 heavy (non-hydrogen) atoms. The van der Waals surface area contributed by atoms with Crippen LogP contribution in [-0.4, -0.2) is 40.9 Å². The first-order valence-corrected chi connectivity index (χ1v) is 8.80. The van der Waals surface area contributed by atoms with Gasteiger partial charge in [0.05, 0.1) is 18.4 Å². The minimum absolute atomic E-state index is 0.110. The van der Waals surface area contributed by atoms with E-state index in [0.717, 1.165) is 56.8 Å². The van der Waals surface area contributed by atoms with E-state index in [1.165, 1.54) is 0 Å². The minimum Gasteiger partial charge on any atom is -0.468 e. The summed E-state index contributed by atoms with van der Waals surface area (Å²) in [6, 6.07) is 5.90. The molecule has 0 saturated carbocycles. The number of hydrogen-bond donors (Lipinski definition) is 0. The summed E-state index contributed by atoms with van der Waals surface area (Å²) in [7, 11) is 0. The third kappa shape index (κ3) is 2.38. The molecule has 4 nitrogen and oxygen atoms in total. The monoisotopic (exact) mass is 316 g/mol. The van der Waals surface area contributed by atoms with Crippen LogP contribution in [0.4, 0.5) is 0 Å². The van der Waals surface area contributed by atoms with Crippen LogP contribution in [0.1, 0.15) is 35.4 Å². The molecule has 4 rings (SSSR count). The molecule has 0 unspecified atom stereocenters. The molecule has 5 heteroatoms. The first-order valence-electron chi connectivity index (χ1n) is 7.86. The molecule has 2 fully saturated rings. The summed E-state index contributed by atoms with van der Waals surface area (Å²) in [6.07, 6.45) is 5.03. The number of likely N-dealkylation sites (tertiary alicyclic amines) is 2. The fourth-order valence-corrected chi connectivity index (χ4v) is 4.30. The average molecular weight is 316 g/mol. The molecule has 0 aromatic carbocycles. The zero-order valence-electron chi connectivity index (χ0n) is 12.5. The van der Waals surface area contributed by atoms with Crippen LogP contribution in [0.3, 0.4) is 0 Å². The Morgan fingerprint density at radius 1 is 1.23 bits per heavy atom. The molecule has 0 radical (unpaired) electrons. The number of carbonyl (C=O) groups is 1. The van der Waals surface area contributed by atoms with Gasteiger partial charge in [-0.05, 0) is 42.8 Å². The first kappa shape index (κ1) is 14.0. The summed E-state index contributed by atoms with van der Waals surface area (Å²) in [5, 5.41) is 3.94. The Labute approximate surface area is 134 Å². The molecule has 2 aromatic heterocycles. The van der Waals surface area contributed by atoms with E-state index in [1.807, 2.05) is 29.0 Å². The van der Waals surface area contributed by atoms with Crippen LogP contribution in [0.15, 0.2) is 39.6 Å². The van der Waals surface area contributed by atoms with E-state index in [9.17, 15) is 4.79 Å². The van der Waals surface area contributed by atoms with Gasteiger partial charge in [-0.15, -0.1) is 0 Å². The number of hydrogen-bond acceptors (Lipinski definition) is 4. The maximum atomic E-state index is 12.6. The number of piperidine rings is 1. The lowest BCUT2D eigenvalue weighted by atomic mass is 9.76. The van der Waals surface area contributed by atoms with Crippen LogP contribution in [0.2, 0.25) is 0 Å². The molecule has 2 aliphatic heterocycles. The fourth-order valence-electron chi connectivity index (χ4n) is 3.67. The molecule has 116 valence electrons. The van der Waals surface area contributed by atoms with Crippen molar-refractivity contribution in [2.75, 3.05) is 19.6 Å². The van der Waals surface area contributed by atoms with Crippen LogP contribution >= 0.6 is 11.3 Å². The zero-order valence-corrected chi connectivity index (χ0v) is 13.3. The van der Waals surface area contributed by atoms with Gasteiger partial charge in [-0.1, -0.05) is 0 Å². The Bertz CT molecular complexity index is 628. The predicted molar refractivity (Wildman–Crippen MR) is 85.9 cm³/mol. The van der Waals surface area contributed by atoms with Crippen molar-refractivity contribution in [3.8, 4) is 0 Å². The molecule has 1 amide bonds. The Kier molecular flexibility index (Phi) is 3.54. The van der Waals surface area contributed by atoms with Gasteiger partial charge >= 0.3 is 0 Å². The second-order valence-corrected chi connectivity index (χ2v) is 7.08. The maximum Gasteiger partial charge on any atom is 0.255 e. The lowest BCUT2D eigenvalue weighted by Crippen LogP contribution is -2.65. The van der Waals surface area contributed by atoms with Gasteiger partial charge in [-0.3, -0.25) is 9.69 Å². The van der Waals surface area contributed by atoms with Crippen LogP contribution in [0.5, 0.6) is 0 Å². The quantitative estimate of drug-likeness (QED) is 0.872. The lowest BCUT2D eigenvalue weighted by molar-refractivity contribution is -0.0405. The Balaban J connectivity index is 1.39. The van der Waals surface area contributed by atoms with Crippen LogP contribution < -0.4 is 0 Å². The van der Waals surface area contributed by atoms with Gasteiger partial charge < -0.3 is 9.32 Å². The Hall–Kier alpha value is -1.59. The second kappa shape index (κ2) is 5.56. The highest BCUT2D eigenvalue weighted by Gasteiger charge is 2.48. The highest BCUT2D eigenvalue weighted by Crippen LogP contribution is 2.41. The van der Waals surface area contributed by atoms with Crippen LogP contribution in [0.25, 0.3) is 0 Å². The first-order chi connectivity index (χ1) is 10.8. The van der Waals surface area contributed by atoms with Gasteiger partial charge in [0, 0.05) is 30.6 Å². The van der Waals surface area contributed by atoms with E-state index in [1.54, 1.807) is 17.6 Å². The fraction of sp³-hybridized carbons (Fsp3) is 0.471. The van der Waals surface area contributed by atoms with Crippen molar-refractivity contribution in [3.05, 3.63) is 46.5 Å². The van der Waals surface area contributed by atoms with E-state index < -0.39 is 0 Å². The summed E-state index contributed by atoms with van der Waals surface area (Å²) >= 11 is 1.59. The predicted octanol–water partition coefficient (Wildman–Crippen LogP) is 3.22. The zero-order chi connectivity index (χ0) is 15.0. The van der Waals surface area contributed by atoms with Crippen molar-refractivity contribution in [3.63, 3.8) is 0 Å². The van der Waals surface area contributed by atoms with Crippen molar-refractivity contribution in [2.45, 2.75) is 31.3 Å². The number of thiophene rings is 1. The number of amides is 1. The molecular formula is C17H20N2O2S. The number of rotatable bonds is 3. The van der Waals surface area contributed by atoms with Crippen LogP contribution in [0, 0.1) is 0 Å². The normalized spacial score (nSPS) is 21.0. The molecule has 4 heterocycles. The van der Waals surface area contributed by atoms with E-state index in [2.05, 4.69) is 9.80 Å². The second-order valence-electron chi connectivity index (χ2n) is 6.30. The number of furan rings is 1. The maximum absolute atomic E-state index is 12.6. The van der Waals surface area contributed by atoms with Gasteiger partial charge in [0.1, 0.15) is 5.76 Å². The summed E-state index contributed by atoms with van der Waals surface area (Å²) in [6.45, 7) is 3.86. The summed E-state index contributed by atoms with van der Waals surface area (Å²) in [4.78, 5) is 17.1. The van der Waals surface area contributed by atoms with E-state index in [0.29, 0.717) is 0 Å². The average Bonchev–Trinajstić information content (AvgIpc) is 3.20. The molecule has 0 atom stereocenters. The number of carbonyl (C=O) groups excluding carboxylic acids is 1. The highest BCUT2D eigenvalue weighted by atomic mass is 32.1. The SMILES string of the molecule is O=C(c1ccsc1)N1CCC12CCN(Cc1ccco1)CC2. The third-order valence-corrected chi connectivity index (χ3v) is 5.82. The lowest BCUT2D eigenvalue weighted by Gasteiger charge is -2.56. The Morgan fingerprint density at radius 2 is 2.05 bits per heavy atom. The molecule has 2 aliphatic rings. The van der Waals surface area contributed by atoms with Gasteiger partial charge in [-0.25, -0.2) is 0 Å². The smallest absolute Gasteiger partial charge is 0.255 e. The number of nitrogens with zero attached hydrogens (tertiary/aromatic N) is 2. The van der Waals surface area contributed by atoms with E-state index in [4.69, 9.17) is 4.42 Å². The summed E-state index contributed by atoms with van der Waals surface area (Å²) in [5.41, 5.74) is 0.959. The standard InChI is InChI=1S/C17H20N2O2S/c20-16(14-3-11-22-13-14)19-9-6-17(19)4-7-18(8-5-17)12-15-2-1-10-21-15/h1-3,10-11,13H,4-9,12H2. The molecule has 2 aromatic rings. The molecule has 0 aliphatic carbocycles. The van der Waals surface area contributed by atoms with Crippen molar-refractivity contribution in [2.24, 2.45) is 0 Å². The van der Waals surface area contributed by atoms with E-state index in [-0.39, 0.29) is 11.4 Å². The topological polar surface area (TPSA) is 36.7 Å². The third-order valence-electron chi connectivity index (χ3n) is 5.13. The molecular weight excluding hydrogens is 296 g/mol. The molecule has 2 saturated heterocycles. The van der Waals surface area contributed by atoms with Crippen LogP contribution in [-0.2, 0) is 6.54 Å². The van der Waals surface area contributed by atoms with E-state index >= 15 is 0 Å². The summed E-state index contributed by atoms with van der Waals surface area (Å²) in [5.74, 6) is 1.24. The molecule has 1 spiro atoms. The highest BCUT2D eigenvalue weighted by molar-refractivity contribution is 7.08. The Morgan fingerprint density at radius 3 is 2.64 bits per heavy atom. The van der Waals surface area contributed by atoms with Gasteiger partial charge in [0.25, 0.3) is 5.91 Å². The van der Waals surface area contributed by atoms with Crippen molar-refractivity contribution < 1.29 is 9.21 Å².